The van der Waals surface area contributed by atoms with Gasteiger partial charge in [0.05, 0.1) is 21.3 Å². The Hall–Kier alpha value is -0.650. The molecule has 0 radical (unpaired) electrons. The van der Waals surface area contributed by atoms with Crippen LogP contribution in [0.1, 0.15) is 5.56 Å². The van der Waals surface area contributed by atoms with Crippen molar-refractivity contribution in [2.75, 3.05) is 21.3 Å². The first-order valence-electron chi connectivity index (χ1n) is 4.10. The molecule has 0 N–H and O–H groups in total. The number of methoxy groups -OCH3 is 3. The maximum absolute atomic E-state index is 5.28. The van der Waals surface area contributed by atoms with Gasteiger partial charge in [0, 0.05) is 0 Å². The highest BCUT2D eigenvalue weighted by atomic mass is 127. The molecule has 1 aromatic carbocycles. The van der Waals surface area contributed by atoms with Crippen LogP contribution in [0, 0.1) is 10.5 Å². The van der Waals surface area contributed by atoms with E-state index in [0.717, 1.165) is 26.4 Å². The molecule has 0 fully saturated rings. The molecular formula is C10H13IO3. The topological polar surface area (TPSA) is 27.7 Å². The molecule has 4 heteroatoms. The quantitative estimate of drug-likeness (QED) is 0.804. The van der Waals surface area contributed by atoms with E-state index in [0.29, 0.717) is 0 Å². The molecule has 0 saturated carbocycles. The SMILES string of the molecule is COc1cc(C)c(OC)c(OC)c1I. The minimum atomic E-state index is 0.727. The maximum Gasteiger partial charge on any atom is 0.178 e. The van der Waals surface area contributed by atoms with Crippen LogP contribution < -0.4 is 14.2 Å². The maximum atomic E-state index is 5.28. The first kappa shape index (κ1) is 11.4. The van der Waals surface area contributed by atoms with Gasteiger partial charge in [-0.1, -0.05) is 0 Å². The van der Waals surface area contributed by atoms with E-state index in [-0.39, 0.29) is 0 Å². The van der Waals surface area contributed by atoms with E-state index in [9.17, 15) is 0 Å². The van der Waals surface area contributed by atoms with Gasteiger partial charge in [0.1, 0.15) is 9.32 Å². The highest BCUT2D eigenvalue weighted by molar-refractivity contribution is 14.1. The van der Waals surface area contributed by atoms with Crippen molar-refractivity contribution in [3.8, 4) is 17.2 Å². The summed E-state index contributed by atoms with van der Waals surface area (Å²) in [5.41, 5.74) is 1.00. The van der Waals surface area contributed by atoms with Crippen LogP contribution in [0.25, 0.3) is 0 Å². The largest absolute Gasteiger partial charge is 0.495 e. The lowest BCUT2D eigenvalue weighted by atomic mass is 10.2. The van der Waals surface area contributed by atoms with Gasteiger partial charge in [0.25, 0.3) is 0 Å². The molecule has 0 bridgehead atoms. The van der Waals surface area contributed by atoms with Gasteiger partial charge in [-0.2, -0.15) is 0 Å². The number of hydrogen-bond acceptors (Lipinski definition) is 3. The van der Waals surface area contributed by atoms with Crippen LogP contribution in [0.3, 0.4) is 0 Å². The molecule has 0 heterocycles. The fourth-order valence-corrected chi connectivity index (χ4v) is 2.14. The van der Waals surface area contributed by atoms with Crippen LogP contribution >= 0.6 is 22.6 Å². The summed E-state index contributed by atoms with van der Waals surface area (Å²) in [6.07, 6.45) is 0. The van der Waals surface area contributed by atoms with Gasteiger partial charge in [-0.15, -0.1) is 0 Å². The number of aryl methyl sites for hydroxylation is 1. The molecule has 3 nitrogen and oxygen atoms in total. The third kappa shape index (κ3) is 1.89. The van der Waals surface area contributed by atoms with Crippen molar-refractivity contribution in [2.24, 2.45) is 0 Å². The molecule has 0 aliphatic rings. The number of benzene rings is 1. The van der Waals surface area contributed by atoms with E-state index < -0.39 is 0 Å². The Balaban J connectivity index is 3.40. The summed E-state index contributed by atoms with van der Waals surface area (Å²) in [4.78, 5) is 0. The number of ether oxygens (including phenoxy) is 3. The van der Waals surface area contributed by atoms with Crippen molar-refractivity contribution in [1.82, 2.24) is 0 Å². The first-order valence-corrected chi connectivity index (χ1v) is 5.18. The number of halogens is 1. The molecular weight excluding hydrogens is 295 g/mol. The average Bonchev–Trinajstić information content (AvgIpc) is 2.20. The molecule has 1 rings (SSSR count). The van der Waals surface area contributed by atoms with E-state index in [1.807, 2.05) is 13.0 Å². The average molecular weight is 308 g/mol. The normalized spacial score (nSPS) is 9.79. The zero-order valence-corrected chi connectivity index (χ0v) is 10.8. The molecule has 78 valence electrons. The molecule has 0 atom stereocenters. The summed E-state index contributed by atoms with van der Waals surface area (Å²) >= 11 is 2.18. The number of hydrogen-bond donors (Lipinski definition) is 0. The Morgan fingerprint density at radius 2 is 1.57 bits per heavy atom. The van der Waals surface area contributed by atoms with Gasteiger partial charge in [-0.3, -0.25) is 0 Å². The predicted molar refractivity (Wildman–Crippen MR) is 63.6 cm³/mol. The molecule has 0 amide bonds. The van der Waals surface area contributed by atoms with Crippen molar-refractivity contribution in [3.63, 3.8) is 0 Å². The molecule has 0 unspecified atom stereocenters. The summed E-state index contributed by atoms with van der Waals surface area (Å²) in [6, 6.07) is 1.93. The van der Waals surface area contributed by atoms with Gasteiger partial charge in [0.15, 0.2) is 11.5 Å². The molecule has 0 aromatic heterocycles. The van der Waals surface area contributed by atoms with Gasteiger partial charge < -0.3 is 14.2 Å². The lowest BCUT2D eigenvalue weighted by Gasteiger charge is -2.14. The second-order valence-corrected chi connectivity index (χ2v) is 3.85. The Morgan fingerprint density at radius 1 is 1.00 bits per heavy atom. The second-order valence-electron chi connectivity index (χ2n) is 2.78. The third-order valence-electron chi connectivity index (χ3n) is 1.96. The van der Waals surface area contributed by atoms with Crippen molar-refractivity contribution in [2.45, 2.75) is 6.92 Å². The second kappa shape index (κ2) is 4.72. The zero-order chi connectivity index (χ0) is 10.7. The predicted octanol–water partition coefficient (Wildman–Crippen LogP) is 2.63. The first-order chi connectivity index (χ1) is 6.65. The zero-order valence-electron chi connectivity index (χ0n) is 8.68. The molecule has 1 aromatic rings. The third-order valence-corrected chi connectivity index (χ3v) is 2.98. The van der Waals surface area contributed by atoms with Gasteiger partial charge >= 0.3 is 0 Å². The lowest BCUT2D eigenvalue weighted by Crippen LogP contribution is -1.98. The van der Waals surface area contributed by atoms with Crippen molar-refractivity contribution in [3.05, 3.63) is 15.2 Å². The van der Waals surface area contributed by atoms with E-state index in [1.54, 1.807) is 21.3 Å². The highest BCUT2D eigenvalue weighted by Gasteiger charge is 2.15. The van der Waals surface area contributed by atoms with Crippen LogP contribution in [-0.2, 0) is 0 Å². The van der Waals surface area contributed by atoms with E-state index in [4.69, 9.17) is 14.2 Å². The summed E-state index contributed by atoms with van der Waals surface area (Å²) < 4.78 is 16.7. The van der Waals surface area contributed by atoms with Crippen LogP contribution in [0.5, 0.6) is 17.2 Å². The van der Waals surface area contributed by atoms with Gasteiger partial charge in [-0.25, -0.2) is 0 Å². The smallest absolute Gasteiger partial charge is 0.178 e. The van der Waals surface area contributed by atoms with Crippen LogP contribution in [0.4, 0.5) is 0 Å². The summed E-state index contributed by atoms with van der Waals surface area (Å²) in [5.74, 6) is 2.29. The van der Waals surface area contributed by atoms with Gasteiger partial charge in [0.2, 0.25) is 0 Å². The molecule has 0 saturated heterocycles. The van der Waals surface area contributed by atoms with Crippen molar-refractivity contribution >= 4 is 22.6 Å². The number of rotatable bonds is 3. The minimum absolute atomic E-state index is 0.727. The van der Waals surface area contributed by atoms with Crippen molar-refractivity contribution < 1.29 is 14.2 Å². The molecule has 14 heavy (non-hydrogen) atoms. The van der Waals surface area contributed by atoms with Crippen LogP contribution in [-0.4, -0.2) is 21.3 Å². The van der Waals surface area contributed by atoms with Crippen LogP contribution in [0.15, 0.2) is 6.07 Å². The Kier molecular flexibility index (Phi) is 3.86. The van der Waals surface area contributed by atoms with E-state index in [1.165, 1.54) is 0 Å². The fraction of sp³-hybridized carbons (Fsp3) is 0.400. The Bertz CT molecular complexity index is 337. The van der Waals surface area contributed by atoms with Crippen molar-refractivity contribution in [1.29, 1.82) is 0 Å². The Morgan fingerprint density at radius 3 is 2.00 bits per heavy atom. The van der Waals surface area contributed by atoms with E-state index >= 15 is 0 Å². The summed E-state index contributed by atoms with van der Waals surface area (Å²) in [6.45, 7) is 1.96. The summed E-state index contributed by atoms with van der Waals surface area (Å²) in [5, 5.41) is 0. The minimum Gasteiger partial charge on any atom is -0.495 e. The fourth-order valence-electron chi connectivity index (χ4n) is 1.30. The van der Waals surface area contributed by atoms with E-state index in [2.05, 4.69) is 22.6 Å². The Labute approximate surface area is 97.5 Å². The molecule has 0 aliphatic heterocycles. The monoisotopic (exact) mass is 308 g/mol. The van der Waals surface area contributed by atoms with Gasteiger partial charge in [-0.05, 0) is 41.1 Å². The molecule has 0 aliphatic carbocycles. The molecule has 0 spiro atoms. The lowest BCUT2D eigenvalue weighted by molar-refractivity contribution is 0.343. The highest BCUT2D eigenvalue weighted by Crippen LogP contribution is 2.40. The standard InChI is InChI=1S/C10H13IO3/c1-6-5-7(12-2)8(11)10(14-4)9(6)13-3/h5H,1-4H3. The summed E-state index contributed by atoms with van der Waals surface area (Å²) in [7, 11) is 4.90. The van der Waals surface area contributed by atoms with Crippen LogP contribution in [0.2, 0.25) is 0 Å².